The van der Waals surface area contributed by atoms with E-state index in [4.69, 9.17) is 21.1 Å². The average molecular weight is 430 g/mol. The van der Waals surface area contributed by atoms with Crippen molar-refractivity contribution in [1.82, 2.24) is 0 Å². The molecule has 0 aliphatic carbocycles. The van der Waals surface area contributed by atoms with E-state index < -0.39 is 10.0 Å². The van der Waals surface area contributed by atoms with E-state index in [1.807, 2.05) is 31.2 Å². The van der Waals surface area contributed by atoms with Crippen LogP contribution in [-0.4, -0.2) is 21.6 Å². The Morgan fingerprint density at radius 2 is 1.69 bits per heavy atom. The van der Waals surface area contributed by atoms with E-state index in [2.05, 4.69) is 0 Å². The van der Waals surface area contributed by atoms with Gasteiger partial charge in [-0.2, -0.15) is 0 Å². The van der Waals surface area contributed by atoms with E-state index in [1.165, 1.54) is 16.4 Å². The number of hydrogen-bond acceptors (Lipinski definition) is 4. The maximum atomic E-state index is 13.6. The number of hydrogen-bond donors (Lipinski definition) is 0. The van der Waals surface area contributed by atoms with Crippen LogP contribution in [0.1, 0.15) is 11.1 Å². The van der Waals surface area contributed by atoms with E-state index in [1.54, 1.807) is 30.3 Å². The summed E-state index contributed by atoms with van der Waals surface area (Å²) in [5, 5.41) is 0.467. The SMILES string of the molecule is Cc1cccc(CN(c2cccc(Cl)c2)S(=O)(=O)c2ccc3c(c2)OCCO3)c1. The summed E-state index contributed by atoms with van der Waals surface area (Å²) in [6, 6.07) is 19.3. The summed E-state index contributed by atoms with van der Waals surface area (Å²) in [7, 11) is -3.88. The van der Waals surface area contributed by atoms with Crippen molar-refractivity contribution in [2.75, 3.05) is 17.5 Å². The summed E-state index contributed by atoms with van der Waals surface area (Å²) >= 11 is 6.15. The molecule has 0 saturated heterocycles. The van der Waals surface area contributed by atoms with Gasteiger partial charge in [-0.05, 0) is 42.8 Å². The number of anilines is 1. The summed E-state index contributed by atoms with van der Waals surface area (Å²) in [6.45, 7) is 2.99. The fourth-order valence-corrected chi connectivity index (χ4v) is 4.88. The molecule has 3 aromatic rings. The fourth-order valence-electron chi connectivity index (χ4n) is 3.23. The van der Waals surface area contributed by atoms with Crippen molar-refractivity contribution in [3.05, 3.63) is 82.9 Å². The normalized spacial score (nSPS) is 13.2. The van der Waals surface area contributed by atoms with Gasteiger partial charge in [-0.15, -0.1) is 0 Å². The third kappa shape index (κ3) is 4.18. The molecule has 7 heteroatoms. The molecule has 0 unspecified atom stereocenters. The van der Waals surface area contributed by atoms with Crippen LogP contribution in [0.2, 0.25) is 5.02 Å². The van der Waals surface area contributed by atoms with Crippen LogP contribution in [0.5, 0.6) is 11.5 Å². The van der Waals surface area contributed by atoms with Crippen LogP contribution in [0.25, 0.3) is 0 Å². The zero-order chi connectivity index (χ0) is 20.4. The highest BCUT2D eigenvalue weighted by Crippen LogP contribution is 2.35. The molecular weight excluding hydrogens is 410 g/mol. The summed E-state index contributed by atoms with van der Waals surface area (Å²) in [5.74, 6) is 0.974. The average Bonchev–Trinajstić information content (AvgIpc) is 2.71. The zero-order valence-electron chi connectivity index (χ0n) is 15.8. The minimum absolute atomic E-state index is 0.134. The van der Waals surface area contributed by atoms with Gasteiger partial charge in [0.1, 0.15) is 13.2 Å². The topological polar surface area (TPSA) is 55.8 Å². The van der Waals surface area contributed by atoms with Crippen LogP contribution in [0.3, 0.4) is 0 Å². The first-order valence-electron chi connectivity index (χ1n) is 9.17. The van der Waals surface area contributed by atoms with Crippen molar-refractivity contribution in [1.29, 1.82) is 0 Å². The molecule has 150 valence electrons. The predicted molar refractivity (Wildman–Crippen MR) is 113 cm³/mol. The van der Waals surface area contributed by atoms with E-state index in [0.29, 0.717) is 35.4 Å². The van der Waals surface area contributed by atoms with Crippen LogP contribution < -0.4 is 13.8 Å². The van der Waals surface area contributed by atoms with Gasteiger partial charge in [0.25, 0.3) is 10.0 Å². The van der Waals surface area contributed by atoms with Gasteiger partial charge in [-0.1, -0.05) is 47.5 Å². The third-order valence-corrected chi connectivity index (χ3v) is 6.61. The number of fused-ring (bicyclic) bond motifs is 1. The van der Waals surface area contributed by atoms with Gasteiger partial charge in [0.15, 0.2) is 11.5 Å². The Balaban J connectivity index is 1.79. The number of ether oxygens (including phenoxy) is 2. The van der Waals surface area contributed by atoms with Crippen LogP contribution in [0, 0.1) is 6.92 Å². The summed E-state index contributed by atoms with van der Waals surface area (Å²) in [5.41, 5.74) is 2.44. The third-order valence-electron chi connectivity index (χ3n) is 4.61. The van der Waals surface area contributed by atoms with Gasteiger partial charge in [0, 0.05) is 11.1 Å². The largest absolute Gasteiger partial charge is 0.486 e. The van der Waals surface area contributed by atoms with Crippen molar-refractivity contribution in [3.8, 4) is 11.5 Å². The lowest BCUT2D eigenvalue weighted by molar-refractivity contribution is 0.171. The second-order valence-electron chi connectivity index (χ2n) is 6.79. The van der Waals surface area contributed by atoms with Gasteiger partial charge >= 0.3 is 0 Å². The van der Waals surface area contributed by atoms with E-state index in [9.17, 15) is 8.42 Å². The molecule has 0 fully saturated rings. The van der Waals surface area contributed by atoms with Crippen molar-refractivity contribution in [2.45, 2.75) is 18.4 Å². The van der Waals surface area contributed by atoms with E-state index >= 15 is 0 Å². The van der Waals surface area contributed by atoms with Gasteiger partial charge in [0.05, 0.1) is 17.1 Å². The molecule has 0 saturated carbocycles. The highest BCUT2D eigenvalue weighted by atomic mass is 35.5. The van der Waals surface area contributed by atoms with Crippen molar-refractivity contribution >= 4 is 27.3 Å². The number of halogens is 1. The molecular formula is C22H20ClNO4S. The monoisotopic (exact) mass is 429 g/mol. The number of aryl methyl sites for hydroxylation is 1. The Kier molecular flexibility index (Phi) is 5.39. The molecule has 1 heterocycles. The molecule has 29 heavy (non-hydrogen) atoms. The standard InChI is InChI=1S/C22H20ClNO4S/c1-16-4-2-5-17(12-16)15-24(19-7-3-6-18(23)13-19)29(25,26)20-8-9-21-22(14-20)28-11-10-27-21/h2-9,12-14H,10-11,15H2,1H3. The molecule has 0 spiro atoms. The Morgan fingerprint density at radius 3 is 2.45 bits per heavy atom. The highest BCUT2D eigenvalue weighted by Gasteiger charge is 2.27. The van der Waals surface area contributed by atoms with Crippen molar-refractivity contribution in [2.24, 2.45) is 0 Å². The minimum Gasteiger partial charge on any atom is -0.486 e. The maximum absolute atomic E-state index is 13.6. The lowest BCUT2D eigenvalue weighted by Crippen LogP contribution is -2.30. The lowest BCUT2D eigenvalue weighted by atomic mass is 10.1. The first-order valence-corrected chi connectivity index (χ1v) is 11.0. The molecule has 0 aromatic heterocycles. The summed E-state index contributed by atoms with van der Waals surface area (Å²) in [4.78, 5) is 0.134. The second-order valence-corrected chi connectivity index (χ2v) is 9.08. The predicted octanol–water partition coefficient (Wildman–Crippen LogP) is 4.82. The molecule has 3 aromatic carbocycles. The molecule has 5 nitrogen and oxygen atoms in total. The molecule has 1 aliphatic rings. The smallest absolute Gasteiger partial charge is 0.264 e. The van der Waals surface area contributed by atoms with Gasteiger partial charge < -0.3 is 9.47 Å². The van der Waals surface area contributed by atoms with Crippen molar-refractivity contribution < 1.29 is 17.9 Å². The number of benzene rings is 3. The summed E-state index contributed by atoms with van der Waals surface area (Å²) < 4.78 is 39.7. The summed E-state index contributed by atoms with van der Waals surface area (Å²) in [6.07, 6.45) is 0. The fraction of sp³-hybridized carbons (Fsp3) is 0.182. The van der Waals surface area contributed by atoms with E-state index in [0.717, 1.165) is 11.1 Å². The molecule has 0 bridgehead atoms. The Morgan fingerprint density at radius 1 is 0.931 bits per heavy atom. The van der Waals surface area contributed by atoms with Crippen LogP contribution in [0.4, 0.5) is 5.69 Å². The van der Waals surface area contributed by atoms with Crippen molar-refractivity contribution in [3.63, 3.8) is 0 Å². The maximum Gasteiger partial charge on any atom is 0.264 e. The molecule has 0 N–H and O–H groups in total. The molecule has 0 radical (unpaired) electrons. The Labute approximate surface area is 175 Å². The number of sulfonamides is 1. The van der Waals surface area contributed by atoms with Crippen LogP contribution in [0.15, 0.2) is 71.6 Å². The Bertz CT molecular complexity index is 1150. The first kappa shape index (κ1) is 19.6. The van der Waals surface area contributed by atoms with E-state index in [-0.39, 0.29) is 11.4 Å². The number of nitrogens with zero attached hydrogens (tertiary/aromatic N) is 1. The second kappa shape index (κ2) is 7.97. The minimum atomic E-state index is -3.88. The highest BCUT2D eigenvalue weighted by molar-refractivity contribution is 7.92. The zero-order valence-corrected chi connectivity index (χ0v) is 17.4. The quantitative estimate of drug-likeness (QED) is 0.583. The molecule has 1 aliphatic heterocycles. The lowest BCUT2D eigenvalue weighted by Gasteiger charge is -2.26. The van der Waals surface area contributed by atoms with Crippen LogP contribution in [-0.2, 0) is 16.6 Å². The molecule has 0 amide bonds. The van der Waals surface area contributed by atoms with Gasteiger partial charge in [-0.3, -0.25) is 4.31 Å². The molecule has 0 atom stereocenters. The molecule has 4 rings (SSSR count). The number of rotatable bonds is 5. The first-order chi connectivity index (χ1) is 13.9. The van der Waals surface area contributed by atoms with Gasteiger partial charge in [0.2, 0.25) is 0 Å². The van der Waals surface area contributed by atoms with Crippen LogP contribution >= 0.6 is 11.6 Å². The van der Waals surface area contributed by atoms with Gasteiger partial charge in [-0.25, -0.2) is 8.42 Å². The Hall–Kier alpha value is -2.70.